The van der Waals surface area contributed by atoms with Crippen LogP contribution in [0.1, 0.15) is 0 Å². The van der Waals surface area contributed by atoms with E-state index in [9.17, 15) is 8.78 Å². The maximum atomic E-state index is 13.0. The second kappa shape index (κ2) is 3.66. The van der Waals surface area contributed by atoms with Gasteiger partial charge in [0.15, 0.2) is 16.3 Å². The van der Waals surface area contributed by atoms with Crippen molar-refractivity contribution in [2.45, 2.75) is 0 Å². The molecule has 1 N–H and O–H groups in total. The first-order chi connectivity index (χ1) is 8.15. The van der Waals surface area contributed by atoms with Crippen LogP contribution >= 0.6 is 15.9 Å². The molecule has 0 amide bonds. The van der Waals surface area contributed by atoms with Crippen LogP contribution in [-0.2, 0) is 0 Å². The number of fused-ring (bicyclic) bond motifs is 1. The summed E-state index contributed by atoms with van der Waals surface area (Å²) < 4.78 is 31.6. The highest BCUT2D eigenvalue weighted by molar-refractivity contribution is 9.10. The Hall–Kier alpha value is -1.69. The van der Waals surface area contributed by atoms with Crippen molar-refractivity contribution >= 4 is 27.0 Å². The van der Waals surface area contributed by atoms with Gasteiger partial charge in [0, 0.05) is 12.1 Å². The van der Waals surface area contributed by atoms with Gasteiger partial charge in [0.1, 0.15) is 5.82 Å². The van der Waals surface area contributed by atoms with E-state index in [2.05, 4.69) is 25.9 Å². The summed E-state index contributed by atoms with van der Waals surface area (Å²) in [4.78, 5) is 7.06. The summed E-state index contributed by atoms with van der Waals surface area (Å²) >= 11 is 3.21. The maximum Gasteiger partial charge on any atom is 0.179 e. The van der Waals surface area contributed by atoms with Gasteiger partial charge in [0.05, 0.1) is 22.9 Å². The van der Waals surface area contributed by atoms with Crippen molar-refractivity contribution in [1.29, 1.82) is 0 Å². The molecule has 6 heteroatoms. The molecule has 17 heavy (non-hydrogen) atoms. The minimum absolute atomic E-state index is 0.368. The second-order valence-corrected chi connectivity index (χ2v) is 4.20. The summed E-state index contributed by atoms with van der Waals surface area (Å²) in [7, 11) is 0. The first kappa shape index (κ1) is 10.5. The van der Waals surface area contributed by atoms with E-state index >= 15 is 0 Å². The Morgan fingerprint density at radius 3 is 2.71 bits per heavy atom. The molecule has 0 unspecified atom stereocenters. The van der Waals surface area contributed by atoms with Crippen LogP contribution in [0.15, 0.2) is 33.5 Å². The molecule has 3 nitrogen and oxygen atoms in total. The normalized spacial score (nSPS) is 11.2. The Morgan fingerprint density at radius 2 is 2.00 bits per heavy atom. The molecule has 0 spiro atoms. The molecule has 1 aromatic carbocycles. The van der Waals surface area contributed by atoms with Gasteiger partial charge in [0.2, 0.25) is 0 Å². The average Bonchev–Trinajstić information content (AvgIpc) is 2.85. The molecular formula is C11H5BrF2N2O. The molecule has 86 valence electrons. The third-order valence-corrected chi connectivity index (χ3v) is 3.01. The van der Waals surface area contributed by atoms with Crippen molar-refractivity contribution < 1.29 is 13.2 Å². The summed E-state index contributed by atoms with van der Waals surface area (Å²) in [6.07, 6.45) is 1.49. The first-order valence-electron chi connectivity index (χ1n) is 4.73. The highest BCUT2D eigenvalue weighted by Crippen LogP contribution is 2.29. The molecule has 3 aromatic rings. The van der Waals surface area contributed by atoms with Crippen molar-refractivity contribution in [3.63, 3.8) is 0 Å². The van der Waals surface area contributed by atoms with Crippen molar-refractivity contribution in [3.05, 3.63) is 40.8 Å². The third kappa shape index (κ3) is 1.64. The standard InChI is InChI=1S/C11H5BrF2N2O/c12-10-5(1-2-17-10)11-15-8-3-6(13)7(14)4-9(8)16-11/h1-4H,(H,15,16). The van der Waals surface area contributed by atoms with E-state index in [1.54, 1.807) is 6.07 Å². The van der Waals surface area contributed by atoms with Crippen LogP contribution in [0, 0.1) is 11.6 Å². The fourth-order valence-corrected chi connectivity index (χ4v) is 2.02. The van der Waals surface area contributed by atoms with E-state index in [0.29, 0.717) is 27.1 Å². The van der Waals surface area contributed by atoms with Crippen LogP contribution in [0.5, 0.6) is 0 Å². The zero-order chi connectivity index (χ0) is 12.0. The molecule has 3 rings (SSSR count). The number of nitrogens with one attached hydrogen (secondary N) is 1. The van der Waals surface area contributed by atoms with Gasteiger partial charge in [-0.05, 0) is 22.0 Å². The number of H-pyrrole nitrogens is 1. The lowest BCUT2D eigenvalue weighted by atomic mass is 10.3. The van der Waals surface area contributed by atoms with Crippen molar-refractivity contribution in [3.8, 4) is 11.4 Å². The molecule has 0 aliphatic carbocycles. The van der Waals surface area contributed by atoms with Crippen molar-refractivity contribution in [2.24, 2.45) is 0 Å². The molecule has 0 atom stereocenters. The average molecular weight is 299 g/mol. The number of nitrogens with zero attached hydrogens (tertiary/aromatic N) is 1. The molecule has 0 bridgehead atoms. The molecular weight excluding hydrogens is 294 g/mol. The zero-order valence-corrected chi connectivity index (χ0v) is 9.88. The lowest BCUT2D eigenvalue weighted by Gasteiger charge is -1.90. The van der Waals surface area contributed by atoms with Crippen molar-refractivity contribution in [2.75, 3.05) is 0 Å². The number of aromatic nitrogens is 2. The Labute approximate surface area is 103 Å². The van der Waals surface area contributed by atoms with Gasteiger partial charge in [-0.1, -0.05) is 0 Å². The van der Waals surface area contributed by atoms with Gasteiger partial charge < -0.3 is 9.40 Å². The zero-order valence-electron chi connectivity index (χ0n) is 8.30. The van der Waals surface area contributed by atoms with E-state index in [1.165, 1.54) is 6.26 Å². The van der Waals surface area contributed by atoms with Gasteiger partial charge in [-0.2, -0.15) is 0 Å². The van der Waals surface area contributed by atoms with Gasteiger partial charge in [-0.3, -0.25) is 0 Å². The summed E-state index contributed by atoms with van der Waals surface area (Å²) in [6.45, 7) is 0. The lowest BCUT2D eigenvalue weighted by Crippen LogP contribution is -1.82. The number of halogens is 3. The highest BCUT2D eigenvalue weighted by Gasteiger charge is 2.13. The fraction of sp³-hybridized carbons (Fsp3) is 0. The molecule has 2 heterocycles. The van der Waals surface area contributed by atoms with E-state index in [4.69, 9.17) is 4.42 Å². The largest absolute Gasteiger partial charge is 0.457 e. The number of hydrogen-bond donors (Lipinski definition) is 1. The topological polar surface area (TPSA) is 41.8 Å². The van der Waals surface area contributed by atoms with Gasteiger partial charge in [-0.15, -0.1) is 0 Å². The second-order valence-electron chi connectivity index (χ2n) is 3.48. The summed E-state index contributed by atoms with van der Waals surface area (Å²) in [5, 5.41) is 0. The van der Waals surface area contributed by atoms with Gasteiger partial charge in [0.25, 0.3) is 0 Å². The van der Waals surface area contributed by atoms with Gasteiger partial charge in [-0.25, -0.2) is 13.8 Å². The number of imidazole rings is 1. The van der Waals surface area contributed by atoms with E-state index in [0.717, 1.165) is 12.1 Å². The minimum atomic E-state index is -0.915. The van der Waals surface area contributed by atoms with Crippen LogP contribution in [0.25, 0.3) is 22.4 Å². The molecule has 0 aliphatic heterocycles. The third-order valence-electron chi connectivity index (χ3n) is 2.40. The fourth-order valence-electron chi connectivity index (χ4n) is 1.60. The summed E-state index contributed by atoms with van der Waals surface area (Å²) in [5.74, 6) is -1.33. The molecule has 0 saturated heterocycles. The highest BCUT2D eigenvalue weighted by atomic mass is 79.9. The quantitative estimate of drug-likeness (QED) is 0.741. The molecule has 0 saturated carbocycles. The number of aromatic amines is 1. The Bertz CT molecular complexity index is 666. The van der Waals surface area contributed by atoms with E-state index < -0.39 is 11.6 Å². The van der Waals surface area contributed by atoms with Crippen LogP contribution in [0.3, 0.4) is 0 Å². The number of hydrogen-bond acceptors (Lipinski definition) is 2. The minimum Gasteiger partial charge on any atom is -0.457 e. The first-order valence-corrected chi connectivity index (χ1v) is 5.52. The smallest absolute Gasteiger partial charge is 0.179 e. The van der Waals surface area contributed by atoms with Gasteiger partial charge >= 0.3 is 0 Å². The number of furan rings is 1. The summed E-state index contributed by atoms with van der Waals surface area (Å²) in [6, 6.07) is 3.84. The predicted octanol–water partition coefficient (Wildman–Crippen LogP) is 3.86. The molecule has 0 fully saturated rings. The van der Waals surface area contributed by atoms with Crippen molar-refractivity contribution in [1.82, 2.24) is 9.97 Å². The van der Waals surface area contributed by atoms with Crippen LogP contribution in [0.2, 0.25) is 0 Å². The van der Waals surface area contributed by atoms with E-state index in [1.807, 2.05) is 0 Å². The SMILES string of the molecule is Fc1cc2nc(-c3ccoc3Br)[nH]c2cc1F. The monoisotopic (exact) mass is 298 g/mol. The Morgan fingerprint density at radius 1 is 1.24 bits per heavy atom. The number of benzene rings is 1. The molecule has 2 aromatic heterocycles. The Balaban J connectivity index is 2.24. The van der Waals surface area contributed by atoms with Crippen LogP contribution in [-0.4, -0.2) is 9.97 Å². The predicted molar refractivity (Wildman–Crippen MR) is 61.4 cm³/mol. The molecule has 0 aliphatic rings. The Kier molecular flexibility index (Phi) is 2.25. The lowest BCUT2D eigenvalue weighted by molar-refractivity contribution is 0.510. The number of rotatable bonds is 1. The van der Waals surface area contributed by atoms with Crippen LogP contribution < -0.4 is 0 Å². The molecule has 0 radical (unpaired) electrons. The summed E-state index contributed by atoms with van der Waals surface area (Å²) in [5.41, 5.74) is 1.50. The van der Waals surface area contributed by atoms with Crippen LogP contribution in [0.4, 0.5) is 8.78 Å². The van der Waals surface area contributed by atoms with E-state index in [-0.39, 0.29) is 0 Å². The maximum absolute atomic E-state index is 13.0.